The average Bonchev–Trinajstić information content (AvgIpc) is 2.82. The molecule has 1 unspecified atom stereocenters. The Morgan fingerprint density at radius 1 is 1.21 bits per heavy atom. The third-order valence-electron chi connectivity index (χ3n) is 4.06. The quantitative estimate of drug-likeness (QED) is 0.887. The molecule has 1 aromatic carbocycles. The zero-order valence-electron chi connectivity index (χ0n) is 11.9. The maximum atomic E-state index is 6.00. The standard InChI is InChI=1S/C16H23NO2/c1-11(2)15-13(12-6-7-17-10-12)4-5-14-16(15)19-9-3-8-18-14/h4-5,11-12,17H,3,6-10H2,1-2H3. The van der Waals surface area contributed by atoms with Gasteiger partial charge in [-0.1, -0.05) is 19.9 Å². The molecule has 1 aromatic rings. The predicted molar refractivity (Wildman–Crippen MR) is 76.4 cm³/mol. The zero-order valence-corrected chi connectivity index (χ0v) is 11.9. The smallest absolute Gasteiger partial charge is 0.164 e. The van der Waals surface area contributed by atoms with Gasteiger partial charge in [0.05, 0.1) is 13.2 Å². The van der Waals surface area contributed by atoms with E-state index in [4.69, 9.17) is 9.47 Å². The van der Waals surface area contributed by atoms with Gasteiger partial charge in [0, 0.05) is 18.5 Å². The lowest BCUT2D eigenvalue weighted by atomic mass is 9.87. The van der Waals surface area contributed by atoms with Crippen molar-refractivity contribution in [3.63, 3.8) is 0 Å². The highest BCUT2D eigenvalue weighted by atomic mass is 16.5. The number of nitrogens with one attached hydrogen (secondary N) is 1. The zero-order chi connectivity index (χ0) is 13.2. The van der Waals surface area contributed by atoms with Gasteiger partial charge in [0.25, 0.3) is 0 Å². The van der Waals surface area contributed by atoms with Gasteiger partial charge in [0.15, 0.2) is 11.5 Å². The minimum Gasteiger partial charge on any atom is -0.490 e. The predicted octanol–water partition coefficient (Wildman–Crippen LogP) is 3.05. The van der Waals surface area contributed by atoms with Crippen molar-refractivity contribution in [3.05, 3.63) is 23.3 Å². The number of hydrogen-bond donors (Lipinski definition) is 1. The van der Waals surface area contributed by atoms with Gasteiger partial charge in [0.1, 0.15) is 0 Å². The van der Waals surface area contributed by atoms with Crippen molar-refractivity contribution >= 4 is 0 Å². The van der Waals surface area contributed by atoms with Gasteiger partial charge >= 0.3 is 0 Å². The van der Waals surface area contributed by atoms with Crippen molar-refractivity contribution in [2.75, 3.05) is 26.3 Å². The van der Waals surface area contributed by atoms with Crippen LogP contribution in [0.1, 0.15) is 49.7 Å². The lowest BCUT2D eigenvalue weighted by Crippen LogP contribution is -2.11. The van der Waals surface area contributed by atoms with Crippen LogP contribution >= 0.6 is 0 Å². The molecule has 0 saturated carbocycles. The van der Waals surface area contributed by atoms with Crippen LogP contribution in [0.5, 0.6) is 11.5 Å². The van der Waals surface area contributed by atoms with Gasteiger partial charge in [-0.15, -0.1) is 0 Å². The second-order valence-electron chi connectivity index (χ2n) is 5.79. The molecule has 1 N–H and O–H groups in total. The van der Waals surface area contributed by atoms with Crippen LogP contribution in [0.2, 0.25) is 0 Å². The highest BCUT2D eigenvalue weighted by Gasteiger charge is 2.26. The van der Waals surface area contributed by atoms with Gasteiger partial charge < -0.3 is 14.8 Å². The van der Waals surface area contributed by atoms with E-state index in [0.29, 0.717) is 11.8 Å². The van der Waals surface area contributed by atoms with Crippen LogP contribution in [-0.4, -0.2) is 26.3 Å². The number of ether oxygens (including phenoxy) is 2. The van der Waals surface area contributed by atoms with E-state index < -0.39 is 0 Å². The van der Waals surface area contributed by atoms with Crippen molar-refractivity contribution in [3.8, 4) is 11.5 Å². The molecule has 0 aromatic heterocycles. The molecule has 0 spiro atoms. The highest BCUT2D eigenvalue weighted by Crippen LogP contribution is 2.42. The summed E-state index contributed by atoms with van der Waals surface area (Å²) >= 11 is 0. The Balaban J connectivity index is 2.06. The Bertz CT molecular complexity index is 450. The fraction of sp³-hybridized carbons (Fsp3) is 0.625. The second-order valence-corrected chi connectivity index (χ2v) is 5.79. The first-order chi connectivity index (χ1) is 9.27. The maximum Gasteiger partial charge on any atom is 0.164 e. The van der Waals surface area contributed by atoms with Crippen LogP contribution in [0, 0.1) is 0 Å². The fourth-order valence-electron chi connectivity index (χ4n) is 3.14. The van der Waals surface area contributed by atoms with E-state index in [1.54, 1.807) is 0 Å². The Morgan fingerprint density at radius 2 is 2.05 bits per heavy atom. The summed E-state index contributed by atoms with van der Waals surface area (Å²) in [4.78, 5) is 0. The summed E-state index contributed by atoms with van der Waals surface area (Å²) in [5, 5.41) is 3.46. The fourth-order valence-corrected chi connectivity index (χ4v) is 3.14. The van der Waals surface area contributed by atoms with Crippen LogP contribution < -0.4 is 14.8 Å². The first-order valence-electron chi connectivity index (χ1n) is 7.40. The van der Waals surface area contributed by atoms with E-state index in [0.717, 1.165) is 44.2 Å². The molecule has 19 heavy (non-hydrogen) atoms. The summed E-state index contributed by atoms with van der Waals surface area (Å²) in [6.07, 6.45) is 2.19. The summed E-state index contributed by atoms with van der Waals surface area (Å²) in [6.45, 7) is 8.22. The lowest BCUT2D eigenvalue weighted by Gasteiger charge is -2.22. The van der Waals surface area contributed by atoms with E-state index in [-0.39, 0.29) is 0 Å². The number of benzene rings is 1. The Kier molecular flexibility index (Phi) is 3.65. The van der Waals surface area contributed by atoms with Gasteiger partial charge in [-0.3, -0.25) is 0 Å². The van der Waals surface area contributed by atoms with Crippen molar-refractivity contribution in [1.29, 1.82) is 0 Å². The molecule has 2 heterocycles. The molecule has 104 valence electrons. The number of rotatable bonds is 2. The Morgan fingerprint density at radius 3 is 2.79 bits per heavy atom. The minimum absolute atomic E-state index is 0.465. The van der Waals surface area contributed by atoms with Crippen molar-refractivity contribution < 1.29 is 9.47 Å². The molecule has 2 aliphatic heterocycles. The van der Waals surface area contributed by atoms with Gasteiger partial charge in [-0.05, 0) is 36.4 Å². The average molecular weight is 261 g/mol. The van der Waals surface area contributed by atoms with Crippen LogP contribution in [0.15, 0.2) is 12.1 Å². The first kappa shape index (κ1) is 12.8. The van der Waals surface area contributed by atoms with E-state index >= 15 is 0 Å². The lowest BCUT2D eigenvalue weighted by molar-refractivity contribution is 0.295. The van der Waals surface area contributed by atoms with Crippen molar-refractivity contribution in [2.24, 2.45) is 0 Å². The molecule has 1 saturated heterocycles. The summed E-state index contributed by atoms with van der Waals surface area (Å²) in [5.74, 6) is 3.01. The molecule has 1 atom stereocenters. The largest absolute Gasteiger partial charge is 0.490 e. The van der Waals surface area contributed by atoms with Gasteiger partial charge in [-0.2, -0.15) is 0 Å². The monoisotopic (exact) mass is 261 g/mol. The van der Waals surface area contributed by atoms with E-state index in [1.807, 2.05) is 0 Å². The van der Waals surface area contributed by atoms with E-state index in [1.165, 1.54) is 17.5 Å². The summed E-state index contributed by atoms with van der Waals surface area (Å²) in [5.41, 5.74) is 2.80. The van der Waals surface area contributed by atoms with Crippen LogP contribution in [0.25, 0.3) is 0 Å². The van der Waals surface area contributed by atoms with Crippen LogP contribution in [0.4, 0.5) is 0 Å². The molecule has 3 rings (SSSR count). The molecule has 0 bridgehead atoms. The summed E-state index contributed by atoms with van der Waals surface area (Å²) in [7, 11) is 0. The molecule has 1 fully saturated rings. The van der Waals surface area contributed by atoms with Gasteiger partial charge in [0.2, 0.25) is 0 Å². The Labute approximate surface area is 115 Å². The molecular weight excluding hydrogens is 238 g/mol. The summed E-state index contributed by atoms with van der Waals surface area (Å²) < 4.78 is 11.8. The number of hydrogen-bond acceptors (Lipinski definition) is 3. The molecular formula is C16H23NO2. The third kappa shape index (κ3) is 2.44. The number of fused-ring (bicyclic) bond motifs is 1. The molecule has 3 heteroatoms. The minimum atomic E-state index is 0.465. The maximum absolute atomic E-state index is 6.00. The van der Waals surface area contributed by atoms with Crippen LogP contribution in [0.3, 0.4) is 0 Å². The first-order valence-corrected chi connectivity index (χ1v) is 7.40. The van der Waals surface area contributed by atoms with E-state index in [9.17, 15) is 0 Å². The highest BCUT2D eigenvalue weighted by molar-refractivity contribution is 5.54. The molecule has 0 aliphatic carbocycles. The van der Waals surface area contributed by atoms with Crippen molar-refractivity contribution in [1.82, 2.24) is 5.32 Å². The molecule has 0 amide bonds. The molecule has 3 nitrogen and oxygen atoms in total. The molecule has 2 aliphatic rings. The third-order valence-corrected chi connectivity index (χ3v) is 4.06. The van der Waals surface area contributed by atoms with Crippen LogP contribution in [-0.2, 0) is 0 Å². The van der Waals surface area contributed by atoms with Gasteiger partial charge in [-0.25, -0.2) is 0 Å². The normalized spacial score (nSPS) is 22.6. The van der Waals surface area contributed by atoms with Crippen molar-refractivity contribution in [2.45, 2.75) is 38.5 Å². The second kappa shape index (κ2) is 5.41. The molecule has 0 radical (unpaired) electrons. The van der Waals surface area contributed by atoms with E-state index in [2.05, 4.69) is 31.3 Å². The Hall–Kier alpha value is -1.22. The SMILES string of the molecule is CC(C)c1c(C2CCNC2)ccc2c1OCCCO2. The topological polar surface area (TPSA) is 30.5 Å². The summed E-state index contributed by atoms with van der Waals surface area (Å²) in [6, 6.07) is 4.35.